The number of nitrogens with zero attached hydrogens (tertiary/aromatic N) is 2. The molecule has 144 valence electrons. The number of benzene rings is 2. The smallest absolute Gasteiger partial charge is 0.270 e. The van der Waals surface area contributed by atoms with Gasteiger partial charge in [0.05, 0.1) is 6.61 Å². The second kappa shape index (κ2) is 9.71. The van der Waals surface area contributed by atoms with Gasteiger partial charge in [-0.2, -0.15) is 0 Å². The van der Waals surface area contributed by atoms with Crippen LogP contribution in [0.15, 0.2) is 60.9 Å². The molecule has 0 bridgehead atoms. The van der Waals surface area contributed by atoms with E-state index in [0.29, 0.717) is 36.1 Å². The number of carbonyl (C=O) groups is 1. The van der Waals surface area contributed by atoms with Crippen LogP contribution < -0.4 is 15.4 Å². The number of anilines is 2. The Hall–Kier alpha value is -3.12. The number of nitrogens with one attached hydrogen (secondary N) is 2. The van der Waals surface area contributed by atoms with E-state index < -0.39 is 0 Å². The zero-order valence-corrected chi connectivity index (χ0v) is 16.2. The van der Waals surface area contributed by atoms with Crippen LogP contribution in [0.4, 0.5) is 11.5 Å². The molecule has 1 amide bonds. The number of carbonyl (C=O) groups excluding carboxylic acids is 1. The van der Waals surface area contributed by atoms with Crippen LogP contribution in [-0.2, 0) is 6.42 Å². The van der Waals surface area contributed by atoms with E-state index in [1.54, 1.807) is 6.07 Å². The Morgan fingerprint density at radius 2 is 1.82 bits per heavy atom. The maximum atomic E-state index is 12.3. The zero-order chi connectivity index (χ0) is 19.8. The average molecular weight is 397 g/mol. The minimum absolute atomic E-state index is 0.244. The van der Waals surface area contributed by atoms with Gasteiger partial charge < -0.3 is 15.4 Å². The molecule has 28 heavy (non-hydrogen) atoms. The Morgan fingerprint density at radius 1 is 1.07 bits per heavy atom. The summed E-state index contributed by atoms with van der Waals surface area (Å²) in [6.45, 7) is 3.07. The summed E-state index contributed by atoms with van der Waals surface area (Å²) < 4.78 is 5.42. The Morgan fingerprint density at radius 3 is 2.54 bits per heavy atom. The second-order valence-corrected chi connectivity index (χ2v) is 6.44. The molecule has 0 atom stereocenters. The highest BCUT2D eigenvalue weighted by atomic mass is 35.5. The monoisotopic (exact) mass is 396 g/mol. The SMILES string of the molecule is CCOc1ccc(Nc2cc(C(=O)NCCc3ccc(Cl)cc3)ncn2)cc1. The van der Waals surface area contributed by atoms with Crippen molar-refractivity contribution in [3.8, 4) is 5.75 Å². The van der Waals surface area contributed by atoms with Crippen LogP contribution in [-0.4, -0.2) is 29.0 Å². The van der Waals surface area contributed by atoms with Crippen molar-refractivity contribution in [3.63, 3.8) is 0 Å². The van der Waals surface area contributed by atoms with Crippen molar-refractivity contribution in [1.29, 1.82) is 0 Å². The molecule has 1 aromatic heterocycles. The second-order valence-electron chi connectivity index (χ2n) is 6.00. The molecule has 0 aliphatic rings. The van der Waals surface area contributed by atoms with E-state index in [-0.39, 0.29) is 5.91 Å². The third-order valence-electron chi connectivity index (χ3n) is 3.95. The summed E-state index contributed by atoms with van der Waals surface area (Å²) in [4.78, 5) is 20.6. The highest BCUT2D eigenvalue weighted by molar-refractivity contribution is 6.30. The van der Waals surface area contributed by atoms with Gasteiger partial charge in [0.25, 0.3) is 5.91 Å². The maximum Gasteiger partial charge on any atom is 0.270 e. The normalized spacial score (nSPS) is 10.4. The van der Waals surface area contributed by atoms with Crippen molar-refractivity contribution in [3.05, 3.63) is 77.2 Å². The van der Waals surface area contributed by atoms with Gasteiger partial charge in [0.15, 0.2) is 0 Å². The topological polar surface area (TPSA) is 76.1 Å². The van der Waals surface area contributed by atoms with Crippen molar-refractivity contribution in [2.75, 3.05) is 18.5 Å². The lowest BCUT2D eigenvalue weighted by molar-refractivity contribution is 0.0949. The standard InChI is InChI=1S/C21H21ClN4O2/c1-2-28-18-9-7-17(8-10-18)26-20-13-19(24-14-25-20)21(27)23-12-11-15-3-5-16(22)6-4-15/h3-10,13-14H,2,11-12H2,1H3,(H,23,27)(H,24,25,26). The lowest BCUT2D eigenvalue weighted by Gasteiger charge is -2.09. The third kappa shape index (κ3) is 5.69. The number of aromatic nitrogens is 2. The Bertz CT molecular complexity index is 914. The Balaban J connectivity index is 1.55. The molecule has 3 rings (SSSR count). The predicted molar refractivity (Wildman–Crippen MR) is 110 cm³/mol. The summed E-state index contributed by atoms with van der Waals surface area (Å²) in [6.07, 6.45) is 2.08. The number of ether oxygens (including phenoxy) is 1. The summed E-state index contributed by atoms with van der Waals surface area (Å²) >= 11 is 5.87. The van der Waals surface area contributed by atoms with Gasteiger partial charge >= 0.3 is 0 Å². The molecule has 0 unspecified atom stereocenters. The molecule has 0 spiro atoms. The zero-order valence-electron chi connectivity index (χ0n) is 15.5. The van der Waals surface area contributed by atoms with Crippen LogP contribution in [0.3, 0.4) is 0 Å². The molecule has 1 heterocycles. The molecule has 0 aliphatic heterocycles. The fraction of sp³-hybridized carbons (Fsp3) is 0.190. The van der Waals surface area contributed by atoms with Gasteiger partial charge in [0.1, 0.15) is 23.6 Å². The molecule has 7 heteroatoms. The molecule has 0 fully saturated rings. The van der Waals surface area contributed by atoms with Crippen LogP contribution >= 0.6 is 11.6 Å². The van der Waals surface area contributed by atoms with Crippen molar-refractivity contribution in [2.24, 2.45) is 0 Å². The van der Waals surface area contributed by atoms with E-state index in [0.717, 1.165) is 17.0 Å². The van der Waals surface area contributed by atoms with Crippen molar-refractivity contribution >= 4 is 29.0 Å². The fourth-order valence-corrected chi connectivity index (χ4v) is 2.69. The minimum Gasteiger partial charge on any atom is -0.494 e. The predicted octanol–water partition coefficient (Wildman–Crippen LogP) is 4.24. The van der Waals surface area contributed by atoms with E-state index in [2.05, 4.69) is 20.6 Å². The summed E-state index contributed by atoms with van der Waals surface area (Å²) in [7, 11) is 0. The molecule has 6 nitrogen and oxygen atoms in total. The van der Waals surface area contributed by atoms with Gasteiger partial charge in [-0.25, -0.2) is 9.97 Å². The first-order valence-corrected chi connectivity index (χ1v) is 9.36. The molecular formula is C21H21ClN4O2. The Kier molecular flexibility index (Phi) is 6.81. The number of hydrogen-bond acceptors (Lipinski definition) is 5. The summed E-state index contributed by atoms with van der Waals surface area (Å²) in [5.74, 6) is 1.10. The van der Waals surface area contributed by atoms with Crippen LogP contribution in [0, 0.1) is 0 Å². The molecule has 3 aromatic rings. The minimum atomic E-state index is -0.244. The van der Waals surface area contributed by atoms with Crippen molar-refractivity contribution in [1.82, 2.24) is 15.3 Å². The first-order chi connectivity index (χ1) is 13.6. The van der Waals surface area contributed by atoms with Gasteiger partial charge in [-0.15, -0.1) is 0 Å². The highest BCUT2D eigenvalue weighted by Gasteiger charge is 2.09. The van der Waals surface area contributed by atoms with Crippen LogP contribution in [0.2, 0.25) is 5.02 Å². The van der Waals surface area contributed by atoms with Gasteiger partial charge in [-0.1, -0.05) is 23.7 Å². The van der Waals surface area contributed by atoms with E-state index in [4.69, 9.17) is 16.3 Å². The largest absolute Gasteiger partial charge is 0.494 e. The van der Waals surface area contributed by atoms with E-state index in [1.807, 2.05) is 55.5 Å². The van der Waals surface area contributed by atoms with Crippen LogP contribution in [0.1, 0.15) is 23.0 Å². The van der Waals surface area contributed by atoms with E-state index >= 15 is 0 Å². The number of halogens is 1. The van der Waals surface area contributed by atoms with Crippen molar-refractivity contribution in [2.45, 2.75) is 13.3 Å². The number of hydrogen-bond donors (Lipinski definition) is 2. The lowest BCUT2D eigenvalue weighted by atomic mass is 10.1. The number of rotatable bonds is 8. The molecule has 0 saturated carbocycles. The van der Waals surface area contributed by atoms with Crippen LogP contribution in [0.5, 0.6) is 5.75 Å². The maximum absolute atomic E-state index is 12.3. The van der Waals surface area contributed by atoms with Gasteiger partial charge in [0.2, 0.25) is 0 Å². The quantitative estimate of drug-likeness (QED) is 0.595. The average Bonchev–Trinajstić information content (AvgIpc) is 2.71. The molecule has 0 aliphatic carbocycles. The van der Waals surface area contributed by atoms with Crippen molar-refractivity contribution < 1.29 is 9.53 Å². The van der Waals surface area contributed by atoms with E-state index in [1.165, 1.54) is 6.33 Å². The molecule has 2 aromatic carbocycles. The molecule has 0 saturated heterocycles. The van der Waals surface area contributed by atoms with E-state index in [9.17, 15) is 4.79 Å². The third-order valence-corrected chi connectivity index (χ3v) is 4.20. The lowest BCUT2D eigenvalue weighted by Crippen LogP contribution is -2.26. The molecular weight excluding hydrogens is 376 g/mol. The summed E-state index contributed by atoms with van der Waals surface area (Å²) in [5, 5.41) is 6.72. The summed E-state index contributed by atoms with van der Waals surface area (Å²) in [6, 6.07) is 16.7. The van der Waals surface area contributed by atoms with Gasteiger partial charge in [0, 0.05) is 23.3 Å². The summed E-state index contributed by atoms with van der Waals surface area (Å²) in [5.41, 5.74) is 2.25. The fourth-order valence-electron chi connectivity index (χ4n) is 2.56. The van der Waals surface area contributed by atoms with Gasteiger partial charge in [-0.3, -0.25) is 4.79 Å². The van der Waals surface area contributed by atoms with Gasteiger partial charge in [-0.05, 0) is 55.3 Å². The first-order valence-electron chi connectivity index (χ1n) is 8.98. The molecule has 2 N–H and O–H groups in total. The van der Waals surface area contributed by atoms with Crippen LogP contribution in [0.25, 0.3) is 0 Å². The highest BCUT2D eigenvalue weighted by Crippen LogP contribution is 2.19. The Labute approximate surface area is 168 Å². The first kappa shape index (κ1) is 19.6. The number of amides is 1. The molecule has 0 radical (unpaired) electrons.